The van der Waals surface area contributed by atoms with E-state index >= 15 is 0 Å². The molecule has 0 radical (unpaired) electrons. The number of nitrogens with zero attached hydrogens (tertiary/aromatic N) is 3. The van der Waals surface area contributed by atoms with E-state index in [1.165, 1.54) is 18.0 Å². The molecule has 11 heteroatoms. The minimum absolute atomic E-state index is 0.0467. The highest BCUT2D eigenvalue weighted by Crippen LogP contribution is 2.66. The van der Waals surface area contributed by atoms with Gasteiger partial charge in [-0.15, -0.1) is 23.2 Å². The van der Waals surface area contributed by atoms with Crippen LogP contribution in [0.15, 0.2) is 101 Å². The van der Waals surface area contributed by atoms with Gasteiger partial charge in [-0.3, -0.25) is 29.0 Å². The highest BCUT2D eigenvalue weighted by atomic mass is 35.5. The van der Waals surface area contributed by atoms with E-state index in [4.69, 9.17) is 27.6 Å². The van der Waals surface area contributed by atoms with E-state index in [1.807, 2.05) is 42.5 Å². The second kappa shape index (κ2) is 10.3. The van der Waals surface area contributed by atoms with E-state index < -0.39 is 51.1 Å². The number of phenols is 1. The summed E-state index contributed by atoms with van der Waals surface area (Å²) in [6.45, 7) is 0. The van der Waals surface area contributed by atoms with Crippen LogP contribution in [-0.2, 0) is 19.2 Å². The maximum absolute atomic E-state index is 14.4. The van der Waals surface area contributed by atoms with Gasteiger partial charge in [-0.2, -0.15) is 0 Å². The van der Waals surface area contributed by atoms with Gasteiger partial charge in [-0.05, 0) is 72.2 Å². The van der Waals surface area contributed by atoms with Crippen LogP contribution in [0.25, 0.3) is 33.3 Å². The van der Waals surface area contributed by atoms with Gasteiger partial charge in [0.25, 0.3) is 11.8 Å². The summed E-state index contributed by atoms with van der Waals surface area (Å²) in [6.07, 6.45) is 2.04. The van der Waals surface area contributed by atoms with Crippen LogP contribution in [0.3, 0.4) is 0 Å². The van der Waals surface area contributed by atoms with Gasteiger partial charge in [0.1, 0.15) is 11.3 Å². The number of oxazole rings is 1. The summed E-state index contributed by atoms with van der Waals surface area (Å²) >= 11 is 14.7. The van der Waals surface area contributed by atoms with Crippen molar-refractivity contribution in [3.63, 3.8) is 0 Å². The summed E-state index contributed by atoms with van der Waals surface area (Å²) in [5.41, 5.74) is 3.75. The van der Waals surface area contributed by atoms with Crippen LogP contribution >= 0.6 is 23.2 Å². The third-order valence-electron chi connectivity index (χ3n) is 10.9. The van der Waals surface area contributed by atoms with Crippen LogP contribution in [-0.4, -0.2) is 55.4 Å². The molecule has 1 saturated carbocycles. The lowest BCUT2D eigenvalue weighted by atomic mass is 9.56. The number of hydrogen-bond donors (Lipinski definition) is 1. The molecule has 2 aliphatic carbocycles. The van der Waals surface area contributed by atoms with Crippen molar-refractivity contribution in [3.8, 4) is 17.2 Å². The molecule has 0 spiro atoms. The average molecular weight is 693 g/mol. The second-order valence-electron chi connectivity index (χ2n) is 13.3. The Morgan fingerprint density at radius 1 is 0.837 bits per heavy atom. The Hall–Kier alpha value is -4.99. The molecule has 0 bridgehead atoms. The molecule has 2 saturated heterocycles. The fourth-order valence-corrected chi connectivity index (χ4v) is 9.66. The summed E-state index contributed by atoms with van der Waals surface area (Å²) in [6, 6.07) is 24.7. The number of hydrogen-bond acceptors (Lipinski definition) is 7. The molecule has 9 rings (SSSR count). The number of likely N-dealkylation sites (tertiary alicyclic amines) is 1. The lowest BCUT2D eigenvalue weighted by Gasteiger charge is -2.51. The minimum Gasteiger partial charge on any atom is -0.507 e. The second-order valence-corrected chi connectivity index (χ2v) is 14.5. The lowest BCUT2D eigenvalue weighted by molar-refractivity contribution is -0.138. The quantitative estimate of drug-likeness (QED) is 0.129. The van der Waals surface area contributed by atoms with Crippen molar-refractivity contribution in [2.24, 2.45) is 17.8 Å². The number of benzene rings is 4. The molecule has 1 N–H and O–H groups in total. The number of allylic oxidation sites excluding steroid dienone is 2. The third kappa shape index (κ3) is 3.85. The Morgan fingerprint density at radius 3 is 2.31 bits per heavy atom. The molecule has 6 atom stereocenters. The van der Waals surface area contributed by atoms with Gasteiger partial charge in [0.15, 0.2) is 15.3 Å². The average Bonchev–Trinajstić information content (AvgIpc) is 3.70. The van der Waals surface area contributed by atoms with E-state index in [0.717, 1.165) is 10.4 Å². The molecule has 3 heterocycles. The number of carbonyl (C=O) groups is 4. The number of fused-ring (bicyclic) bond motifs is 6. The number of halogens is 2. The number of aromatic hydroxyl groups is 1. The minimum atomic E-state index is -1.92. The van der Waals surface area contributed by atoms with Gasteiger partial charge < -0.3 is 9.52 Å². The number of anilines is 1. The number of para-hydroxylation sites is 2. The first-order chi connectivity index (χ1) is 23.5. The van der Waals surface area contributed by atoms with Crippen molar-refractivity contribution in [2.45, 2.75) is 28.5 Å². The number of imide groups is 2. The summed E-state index contributed by atoms with van der Waals surface area (Å²) in [5.74, 6) is -4.67. The molecule has 3 fully saturated rings. The smallest absolute Gasteiger partial charge is 0.253 e. The zero-order valence-electron chi connectivity index (χ0n) is 26.0. The topological polar surface area (TPSA) is 121 Å². The van der Waals surface area contributed by atoms with Gasteiger partial charge in [0, 0.05) is 23.9 Å². The number of phenolic OH excluding ortho intramolecular Hbond substituents is 1. The Morgan fingerprint density at radius 2 is 1.55 bits per heavy atom. The van der Waals surface area contributed by atoms with Crippen molar-refractivity contribution >= 4 is 74.4 Å². The number of alkyl halides is 2. The maximum atomic E-state index is 14.4. The standard InChI is InChI=1S/C38H27Cl2N3O6/c1-42-35(47)37(39)18-26-24(31(38(37,40)36(42)48)23-16-17-28(44)22-7-3-2-6-21(22)23)14-15-25-30(26)34(46)43(33(25)45)20-12-10-19(11-13-20)32-41-27-8-4-5-9-29(27)49-32/h2-14,16-17,25-26,30-31,44H,15,18H2,1H3. The zero-order chi connectivity index (χ0) is 34.0. The van der Waals surface area contributed by atoms with E-state index in [-0.39, 0.29) is 24.5 Å². The van der Waals surface area contributed by atoms with Crippen molar-refractivity contribution in [1.82, 2.24) is 9.88 Å². The van der Waals surface area contributed by atoms with Crippen molar-refractivity contribution < 1.29 is 28.7 Å². The van der Waals surface area contributed by atoms with Crippen LogP contribution in [0, 0.1) is 17.8 Å². The van der Waals surface area contributed by atoms with Crippen molar-refractivity contribution in [2.75, 3.05) is 11.9 Å². The van der Waals surface area contributed by atoms with Gasteiger partial charge in [0.05, 0.1) is 17.5 Å². The maximum Gasteiger partial charge on any atom is 0.253 e. The molecule has 9 nitrogen and oxygen atoms in total. The third-order valence-corrected chi connectivity index (χ3v) is 12.3. The normalized spacial score (nSPS) is 29.4. The Bertz CT molecular complexity index is 2300. The Kier molecular flexibility index (Phi) is 6.30. The monoisotopic (exact) mass is 691 g/mol. The van der Waals surface area contributed by atoms with Crippen molar-refractivity contribution in [1.29, 1.82) is 0 Å². The van der Waals surface area contributed by atoms with Gasteiger partial charge in [0.2, 0.25) is 17.7 Å². The molecular weight excluding hydrogens is 665 g/mol. The molecule has 4 aliphatic rings. The predicted octanol–water partition coefficient (Wildman–Crippen LogP) is 6.55. The summed E-state index contributed by atoms with van der Waals surface area (Å²) in [4.78, 5) is 59.2. The van der Waals surface area contributed by atoms with Gasteiger partial charge in [-0.1, -0.05) is 54.1 Å². The van der Waals surface area contributed by atoms with Crippen LogP contribution in [0.5, 0.6) is 5.75 Å². The number of amides is 4. The Labute approximate surface area is 289 Å². The summed E-state index contributed by atoms with van der Waals surface area (Å²) < 4.78 is 5.90. The lowest BCUT2D eigenvalue weighted by Crippen LogP contribution is -2.60. The first-order valence-corrected chi connectivity index (χ1v) is 16.7. The first kappa shape index (κ1) is 30.1. The highest BCUT2D eigenvalue weighted by molar-refractivity contribution is 6.53. The van der Waals surface area contributed by atoms with Gasteiger partial charge in [-0.25, -0.2) is 4.98 Å². The summed E-state index contributed by atoms with van der Waals surface area (Å²) in [5, 5.41) is 11.9. The SMILES string of the molecule is CN1C(=O)C2(Cl)CC3C(=CCC4C(=O)N(c5ccc(-c6nc7ccccc7o6)cc5)C(=O)C43)C(c3ccc(O)c4ccccc34)C2(Cl)C1=O. The fourth-order valence-electron chi connectivity index (χ4n) is 8.65. The molecule has 6 unspecified atom stereocenters. The van der Waals surface area contributed by atoms with Crippen molar-refractivity contribution in [3.05, 3.63) is 102 Å². The molecular formula is C38H27Cl2N3O6. The highest BCUT2D eigenvalue weighted by Gasteiger charge is 2.76. The predicted molar refractivity (Wildman–Crippen MR) is 183 cm³/mol. The van der Waals surface area contributed by atoms with Crippen LogP contribution in [0.4, 0.5) is 5.69 Å². The first-order valence-electron chi connectivity index (χ1n) is 16.0. The molecule has 1 aromatic heterocycles. The molecule has 2 aliphatic heterocycles. The fraction of sp³-hybridized carbons (Fsp3) is 0.237. The summed E-state index contributed by atoms with van der Waals surface area (Å²) in [7, 11) is 1.36. The number of aromatic nitrogens is 1. The number of rotatable bonds is 3. The molecule has 5 aromatic rings. The van der Waals surface area contributed by atoms with E-state index in [1.54, 1.807) is 42.5 Å². The largest absolute Gasteiger partial charge is 0.507 e. The zero-order valence-corrected chi connectivity index (χ0v) is 27.5. The molecule has 49 heavy (non-hydrogen) atoms. The van der Waals surface area contributed by atoms with E-state index in [9.17, 15) is 24.3 Å². The molecule has 4 aromatic carbocycles. The van der Waals surface area contributed by atoms with Crippen LogP contribution in [0.2, 0.25) is 0 Å². The Balaban J connectivity index is 1.13. The molecule has 4 amide bonds. The van der Waals surface area contributed by atoms with E-state index in [2.05, 4.69) is 4.98 Å². The van der Waals surface area contributed by atoms with Gasteiger partial charge >= 0.3 is 0 Å². The molecule has 244 valence electrons. The van der Waals surface area contributed by atoms with Crippen LogP contribution in [0.1, 0.15) is 24.3 Å². The van der Waals surface area contributed by atoms with Crippen LogP contribution < -0.4 is 4.90 Å². The number of carbonyl (C=O) groups excluding carboxylic acids is 4. The van der Waals surface area contributed by atoms with E-state index in [0.29, 0.717) is 44.6 Å².